The van der Waals surface area contributed by atoms with Gasteiger partial charge in [0.1, 0.15) is 0 Å². The Balaban J connectivity index is 1.84. The van der Waals surface area contributed by atoms with Gasteiger partial charge in [0.15, 0.2) is 22.5 Å². The fraction of sp³-hybridized carbons (Fsp3) is 0.278. The highest BCUT2D eigenvalue weighted by molar-refractivity contribution is 9.10. The minimum absolute atomic E-state index is 0.699. The highest BCUT2D eigenvalue weighted by atomic mass is 79.9. The van der Waals surface area contributed by atoms with Gasteiger partial charge in [0.2, 0.25) is 0 Å². The monoisotopic (exact) mass is 434 g/mol. The Labute approximate surface area is 165 Å². The standard InChI is InChI=1S/C18H19BrN4O2S/c1-4-23-17(12-5-7-20-8-6-12)21-22-18(23)26-11-13-9-15(24-2)16(25-3)10-14(13)19/h5-10H,4,11H2,1-3H3. The van der Waals surface area contributed by atoms with Crippen molar-refractivity contribution in [3.8, 4) is 22.9 Å². The number of nitrogens with zero attached hydrogens (tertiary/aromatic N) is 4. The smallest absolute Gasteiger partial charge is 0.191 e. The van der Waals surface area contributed by atoms with Crippen molar-refractivity contribution >= 4 is 27.7 Å². The average molecular weight is 435 g/mol. The lowest BCUT2D eigenvalue weighted by atomic mass is 10.2. The van der Waals surface area contributed by atoms with Crippen LogP contribution in [-0.2, 0) is 12.3 Å². The summed E-state index contributed by atoms with van der Waals surface area (Å²) in [6.45, 7) is 2.88. The van der Waals surface area contributed by atoms with Gasteiger partial charge in [-0.15, -0.1) is 10.2 Å². The summed E-state index contributed by atoms with van der Waals surface area (Å²) >= 11 is 5.24. The van der Waals surface area contributed by atoms with Gasteiger partial charge >= 0.3 is 0 Å². The highest BCUT2D eigenvalue weighted by Crippen LogP contribution is 2.36. The van der Waals surface area contributed by atoms with Gasteiger partial charge in [0, 0.05) is 34.7 Å². The Morgan fingerprint density at radius 1 is 1.08 bits per heavy atom. The maximum absolute atomic E-state index is 5.40. The first-order chi connectivity index (χ1) is 12.7. The number of thioether (sulfide) groups is 1. The van der Waals surface area contributed by atoms with E-state index < -0.39 is 0 Å². The maximum Gasteiger partial charge on any atom is 0.191 e. The largest absolute Gasteiger partial charge is 0.493 e. The van der Waals surface area contributed by atoms with E-state index in [1.54, 1.807) is 38.4 Å². The zero-order valence-electron chi connectivity index (χ0n) is 14.8. The minimum atomic E-state index is 0.699. The number of halogens is 1. The van der Waals surface area contributed by atoms with E-state index in [0.29, 0.717) is 11.5 Å². The van der Waals surface area contributed by atoms with Crippen LogP contribution in [0.5, 0.6) is 11.5 Å². The fourth-order valence-electron chi connectivity index (χ4n) is 2.54. The third kappa shape index (κ3) is 3.86. The zero-order chi connectivity index (χ0) is 18.5. The molecular formula is C18H19BrN4O2S. The quantitative estimate of drug-likeness (QED) is 0.512. The summed E-state index contributed by atoms with van der Waals surface area (Å²) in [5.74, 6) is 2.99. The van der Waals surface area contributed by atoms with Crippen LogP contribution >= 0.6 is 27.7 Å². The van der Waals surface area contributed by atoms with Gasteiger partial charge in [-0.05, 0) is 36.8 Å². The van der Waals surface area contributed by atoms with E-state index in [0.717, 1.165) is 38.9 Å². The van der Waals surface area contributed by atoms with Gasteiger partial charge in [-0.25, -0.2) is 0 Å². The van der Waals surface area contributed by atoms with Crippen LogP contribution in [0.3, 0.4) is 0 Å². The molecule has 0 aliphatic rings. The van der Waals surface area contributed by atoms with Crippen molar-refractivity contribution in [2.45, 2.75) is 24.4 Å². The van der Waals surface area contributed by atoms with Crippen molar-refractivity contribution in [3.63, 3.8) is 0 Å². The van der Waals surface area contributed by atoms with Gasteiger partial charge in [0.05, 0.1) is 14.2 Å². The second-order valence-corrected chi connectivity index (χ2v) is 7.17. The van der Waals surface area contributed by atoms with Crippen LogP contribution in [0.25, 0.3) is 11.4 Å². The van der Waals surface area contributed by atoms with E-state index in [4.69, 9.17) is 9.47 Å². The van der Waals surface area contributed by atoms with Crippen LogP contribution in [0, 0.1) is 0 Å². The van der Waals surface area contributed by atoms with Crippen LogP contribution in [-0.4, -0.2) is 34.0 Å². The van der Waals surface area contributed by atoms with Crippen molar-refractivity contribution < 1.29 is 9.47 Å². The van der Waals surface area contributed by atoms with Crippen LogP contribution in [0.15, 0.2) is 46.3 Å². The molecule has 2 aromatic heterocycles. The van der Waals surface area contributed by atoms with E-state index in [1.165, 1.54) is 0 Å². The van der Waals surface area contributed by atoms with Gasteiger partial charge in [-0.1, -0.05) is 27.7 Å². The molecule has 136 valence electrons. The van der Waals surface area contributed by atoms with E-state index in [-0.39, 0.29) is 0 Å². The maximum atomic E-state index is 5.40. The molecule has 0 unspecified atom stereocenters. The molecule has 8 heteroatoms. The molecule has 2 heterocycles. The van der Waals surface area contributed by atoms with Crippen molar-refractivity contribution in [2.24, 2.45) is 0 Å². The SMILES string of the molecule is CCn1c(SCc2cc(OC)c(OC)cc2Br)nnc1-c1ccncc1. The molecule has 0 N–H and O–H groups in total. The molecule has 0 spiro atoms. The first-order valence-electron chi connectivity index (χ1n) is 8.04. The highest BCUT2D eigenvalue weighted by Gasteiger charge is 2.15. The van der Waals surface area contributed by atoms with Gasteiger partial charge < -0.3 is 14.0 Å². The molecule has 1 aromatic carbocycles. The summed E-state index contributed by atoms with van der Waals surface area (Å²) in [4.78, 5) is 4.06. The summed E-state index contributed by atoms with van der Waals surface area (Å²) < 4.78 is 13.8. The summed E-state index contributed by atoms with van der Waals surface area (Å²) in [5.41, 5.74) is 2.11. The molecule has 0 atom stereocenters. The normalized spacial score (nSPS) is 10.8. The number of hydrogen-bond donors (Lipinski definition) is 0. The third-order valence-electron chi connectivity index (χ3n) is 3.88. The van der Waals surface area contributed by atoms with Crippen LogP contribution in [0.2, 0.25) is 0 Å². The van der Waals surface area contributed by atoms with Crippen molar-refractivity contribution in [3.05, 3.63) is 46.7 Å². The number of hydrogen-bond acceptors (Lipinski definition) is 6. The lowest BCUT2D eigenvalue weighted by molar-refractivity contribution is 0.354. The molecular weight excluding hydrogens is 416 g/mol. The second-order valence-electron chi connectivity index (χ2n) is 5.37. The van der Waals surface area contributed by atoms with Gasteiger partial charge in [-0.3, -0.25) is 4.98 Å². The van der Waals surface area contributed by atoms with Crippen LogP contribution in [0.4, 0.5) is 0 Å². The summed E-state index contributed by atoms with van der Waals surface area (Å²) in [6.07, 6.45) is 3.52. The van der Waals surface area contributed by atoms with Crippen molar-refractivity contribution in [1.82, 2.24) is 19.7 Å². The Morgan fingerprint density at radius 3 is 2.42 bits per heavy atom. The zero-order valence-corrected chi connectivity index (χ0v) is 17.2. The lowest BCUT2D eigenvalue weighted by Gasteiger charge is -2.12. The number of aromatic nitrogens is 4. The van der Waals surface area contributed by atoms with Crippen LogP contribution < -0.4 is 9.47 Å². The number of ether oxygens (including phenoxy) is 2. The molecule has 3 rings (SSSR count). The molecule has 0 aliphatic carbocycles. The Morgan fingerprint density at radius 2 is 1.77 bits per heavy atom. The van der Waals surface area contributed by atoms with Gasteiger partial charge in [0.25, 0.3) is 0 Å². The predicted molar refractivity (Wildman–Crippen MR) is 106 cm³/mol. The first kappa shape index (κ1) is 18.7. The van der Waals surface area contributed by atoms with E-state index in [2.05, 4.69) is 42.6 Å². The lowest BCUT2D eigenvalue weighted by Crippen LogP contribution is -2.00. The van der Waals surface area contributed by atoms with E-state index in [1.807, 2.05) is 24.3 Å². The number of rotatable bonds is 7. The van der Waals surface area contributed by atoms with Crippen LogP contribution in [0.1, 0.15) is 12.5 Å². The molecule has 26 heavy (non-hydrogen) atoms. The molecule has 0 fully saturated rings. The summed E-state index contributed by atoms with van der Waals surface area (Å²) in [6, 6.07) is 7.78. The molecule has 0 saturated carbocycles. The summed E-state index contributed by atoms with van der Waals surface area (Å²) in [5, 5.41) is 9.61. The molecule has 0 aliphatic heterocycles. The Bertz CT molecular complexity index is 886. The molecule has 0 saturated heterocycles. The first-order valence-corrected chi connectivity index (χ1v) is 9.82. The molecule has 0 bridgehead atoms. The molecule has 6 nitrogen and oxygen atoms in total. The molecule has 3 aromatic rings. The summed E-state index contributed by atoms with van der Waals surface area (Å²) in [7, 11) is 3.26. The van der Waals surface area contributed by atoms with Gasteiger partial charge in [-0.2, -0.15) is 0 Å². The number of methoxy groups -OCH3 is 2. The topological polar surface area (TPSA) is 62.1 Å². The van der Waals surface area contributed by atoms with E-state index in [9.17, 15) is 0 Å². The number of pyridine rings is 1. The molecule has 0 radical (unpaired) electrons. The third-order valence-corrected chi connectivity index (χ3v) is 5.63. The Hall–Kier alpha value is -2.06. The molecule has 0 amide bonds. The van der Waals surface area contributed by atoms with Crippen molar-refractivity contribution in [1.29, 1.82) is 0 Å². The van der Waals surface area contributed by atoms with E-state index >= 15 is 0 Å². The fourth-order valence-corrected chi connectivity index (χ4v) is 4.19. The average Bonchev–Trinajstić information content (AvgIpc) is 3.10. The Kier molecular flexibility index (Phi) is 6.16. The van der Waals surface area contributed by atoms with Crippen molar-refractivity contribution in [2.75, 3.05) is 14.2 Å². The predicted octanol–water partition coefficient (Wildman–Crippen LogP) is 4.43. The second kappa shape index (κ2) is 8.55. The number of benzene rings is 1. The minimum Gasteiger partial charge on any atom is -0.493 e.